The Morgan fingerprint density at radius 2 is 1.90 bits per heavy atom. The molecule has 1 atom stereocenters. The Kier molecular flexibility index (Phi) is 8.88. The van der Waals surface area contributed by atoms with Crippen LogP contribution in [-0.4, -0.2) is 52.0 Å². The van der Waals surface area contributed by atoms with Crippen LogP contribution < -0.4 is 5.73 Å². The van der Waals surface area contributed by atoms with Crippen molar-refractivity contribution in [2.45, 2.75) is 19.4 Å². The van der Waals surface area contributed by atoms with Gasteiger partial charge in [-0.3, -0.25) is 4.90 Å². The summed E-state index contributed by atoms with van der Waals surface area (Å²) in [6.07, 6.45) is 0.969. The monoisotopic (exact) mass is 314 g/mol. The number of ether oxygens (including phenoxy) is 2. The minimum atomic E-state index is 0.148. The van der Waals surface area contributed by atoms with E-state index in [0.29, 0.717) is 13.2 Å². The first-order valence-electron chi connectivity index (χ1n) is 7.32. The van der Waals surface area contributed by atoms with Crippen LogP contribution in [0.25, 0.3) is 0 Å². The maximum atomic E-state index is 6.25. The van der Waals surface area contributed by atoms with E-state index in [1.807, 2.05) is 19.1 Å². The van der Waals surface area contributed by atoms with Crippen LogP contribution in [0.2, 0.25) is 5.02 Å². The third kappa shape index (κ3) is 5.93. The maximum Gasteiger partial charge on any atom is 0.0589 e. The van der Waals surface area contributed by atoms with E-state index in [2.05, 4.69) is 11.0 Å². The van der Waals surface area contributed by atoms with E-state index in [-0.39, 0.29) is 6.04 Å². The van der Waals surface area contributed by atoms with Crippen LogP contribution in [0.4, 0.5) is 0 Å². The lowest BCUT2D eigenvalue weighted by molar-refractivity contribution is 0.108. The van der Waals surface area contributed by atoms with Crippen molar-refractivity contribution >= 4 is 11.6 Å². The summed E-state index contributed by atoms with van der Waals surface area (Å²) in [7, 11) is 3.44. The zero-order valence-corrected chi connectivity index (χ0v) is 14.0. The number of aryl methyl sites for hydroxylation is 1. The second kappa shape index (κ2) is 10.1. The summed E-state index contributed by atoms with van der Waals surface area (Å²) in [4.78, 5) is 2.34. The fourth-order valence-corrected chi connectivity index (χ4v) is 2.55. The minimum absolute atomic E-state index is 0.148. The SMILES string of the molecule is COCCCN(CCOC)C(CN)c1ccc(C)c(Cl)c1. The summed E-state index contributed by atoms with van der Waals surface area (Å²) >= 11 is 6.25. The molecule has 0 aliphatic carbocycles. The summed E-state index contributed by atoms with van der Waals surface area (Å²) in [6, 6.07) is 6.32. The quantitative estimate of drug-likeness (QED) is 0.674. The van der Waals surface area contributed by atoms with Crippen molar-refractivity contribution in [3.8, 4) is 0 Å². The average Bonchev–Trinajstić information content (AvgIpc) is 2.48. The van der Waals surface area contributed by atoms with Gasteiger partial charge in [-0.15, -0.1) is 0 Å². The Bertz CT molecular complexity index is 415. The molecule has 0 spiro atoms. The van der Waals surface area contributed by atoms with Crippen LogP contribution in [0.1, 0.15) is 23.6 Å². The van der Waals surface area contributed by atoms with Crippen molar-refractivity contribution in [1.29, 1.82) is 0 Å². The molecule has 0 radical (unpaired) electrons. The standard InChI is InChI=1S/C16H27ClN2O2/c1-13-5-6-14(11-15(13)17)16(12-18)19(8-10-21-3)7-4-9-20-2/h5-6,11,16H,4,7-10,12,18H2,1-3H3. The van der Waals surface area contributed by atoms with Crippen LogP contribution in [0, 0.1) is 6.92 Å². The first-order chi connectivity index (χ1) is 10.1. The lowest BCUT2D eigenvalue weighted by atomic mass is 10.0. The van der Waals surface area contributed by atoms with Gasteiger partial charge in [-0.25, -0.2) is 0 Å². The third-order valence-electron chi connectivity index (χ3n) is 3.62. The second-order valence-corrected chi connectivity index (χ2v) is 5.54. The van der Waals surface area contributed by atoms with Crippen LogP contribution >= 0.6 is 11.6 Å². The van der Waals surface area contributed by atoms with Crippen molar-refractivity contribution in [1.82, 2.24) is 4.90 Å². The molecule has 0 bridgehead atoms. The van der Waals surface area contributed by atoms with Crippen LogP contribution in [0.5, 0.6) is 0 Å². The molecular formula is C16H27ClN2O2. The van der Waals surface area contributed by atoms with E-state index in [9.17, 15) is 0 Å². The number of halogens is 1. The lowest BCUT2D eigenvalue weighted by Crippen LogP contribution is -2.37. The number of nitrogens with zero attached hydrogens (tertiary/aromatic N) is 1. The molecule has 1 aromatic rings. The summed E-state index contributed by atoms with van der Waals surface area (Å²) in [5, 5.41) is 0.787. The molecule has 0 aliphatic rings. The van der Waals surface area contributed by atoms with Gasteiger partial charge in [0.15, 0.2) is 0 Å². The fourth-order valence-electron chi connectivity index (χ4n) is 2.36. The Morgan fingerprint density at radius 1 is 1.19 bits per heavy atom. The van der Waals surface area contributed by atoms with E-state index < -0.39 is 0 Å². The number of nitrogens with two attached hydrogens (primary N) is 1. The van der Waals surface area contributed by atoms with Crippen molar-refractivity contribution in [2.24, 2.45) is 5.73 Å². The smallest absolute Gasteiger partial charge is 0.0589 e. The van der Waals surface area contributed by atoms with E-state index >= 15 is 0 Å². The van der Waals surface area contributed by atoms with Crippen LogP contribution in [-0.2, 0) is 9.47 Å². The predicted octanol–water partition coefficient (Wildman–Crippen LogP) is 2.63. The number of hydrogen-bond acceptors (Lipinski definition) is 4. The molecule has 0 heterocycles. The van der Waals surface area contributed by atoms with Gasteiger partial charge in [0, 0.05) is 51.5 Å². The minimum Gasteiger partial charge on any atom is -0.385 e. The molecule has 21 heavy (non-hydrogen) atoms. The zero-order valence-electron chi connectivity index (χ0n) is 13.3. The van der Waals surface area contributed by atoms with E-state index in [1.165, 1.54) is 0 Å². The van der Waals surface area contributed by atoms with Crippen LogP contribution in [0.3, 0.4) is 0 Å². The second-order valence-electron chi connectivity index (χ2n) is 5.14. The molecule has 120 valence electrons. The first kappa shape index (κ1) is 18.4. The highest BCUT2D eigenvalue weighted by Crippen LogP contribution is 2.25. The molecule has 5 heteroatoms. The van der Waals surface area contributed by atoms with Crippen LogP contribution in [0.15, 0.2) is 18.2 Å². The van der Waals surface area contributed by atoms with Crippen molar-refractivity contribution in [2.75, 3.05) is 47.1 Å². The highest BCUT2D eigenvalue weighted by Gasteiger charge is 2.19. The van der Waals surface area contributed by atoms with E-state index in [1.54, 1.807) is 14.2 Å². The number of hydrogen-bond donors (Lipinski definition) is 1. The van der Waals surface area contributed by atoms with Gasteiger partial charge in [0.2, 0.25) is 0 Å². The fraction of sp³-hybridized carbons (Fsp3) is 0.625. The van der Waals surface area contributed by atoms with Gasteiger partial charge < -0.3 is 15.2 Å². The average molecular weight is 315 g/mol. The molecule has 0 fully saturated rings. The van der Waals surface area contributed by atoms with Gasteiger partial charge in [0.1, 0.15) is 0 Å². The lowest BCUT2D eigenvalue weighted by Gasteiger charge is -2.31. The summed E-state index contributed by atoms with van der Waals surface area (Å²) < 4.78 is 10.4. The van der Waals surface area contributed by atoms with Gasteiger partial charge in [0.05, 0.1) is 6.61 Å². The topological polar surface area (TPSA) is 47.7 Å². The summed E-state index contributed by atoms with van der Waals surface area (Å²) in [6.45, 7) is 5.75. The summed E-state index contributed by atoms with van der Waals surface area (Å²) in [5.41, 5.74) is 8.25. The third-order valence-corrected chi connectivity index (χ3v) is 4.03. The highest BCUT2D eigenvalue weighted by molar-refractivity contribution is 6.31. The molecule has 0 saturated heterocycles. The highest BCUT2D eigenvalue weighted by atomic mass is 35.5. The van der Waals surface area contributed by atoms with Crippen molar-refractivity contribution in [3.63, 3.8) is 0 Å². The molecule has 0 saturated carbocycles. The molecule has 1 rings (SSSR count). The van der Waals surface area contributed by atoms with Gasteiger partial charge in [0.25, 0.3) is 0 Å². The molecule has 0 aliphatic heterocycles. The van der Waals surface area contributed by atoms with Gasteiger partial charge in [-0.1, -0.05) is 23.7 Å². The Balaban J connectivity index is 2.84. The Morgan fingerprint density at radius 3 is 2.48 bits per heavy atom. The zero-order chi connectivity index (χ0) is 15.7. The molecule has 1 aromatic carbocycles. The molecule has 4 nitrogen and oxygen atoms in total. The Hall–Kier alpha value is -0.650. The first-order valence-corrected chi connectivity index (χ1v) is 7.69. The number of rotatable bonds is 10. The largest absolute Gasteiger partial charge is 0.385 e. The molecular weight excluding hydrogens is 288 g/mol. The predicted molar refractivity (Wildman–Crippen MR) is 87.9 cm³/mol. The normalized spacial score (nSPS) is 12.9. The van der Waals surface area contributed by atoms with Gasteiger partial charge in [-0.05, 0) is 30.5 Å². The van der Waals surface area contributed by atoms with Gasteiger partial charge in [-0.2, -0.15) is 0 Å². The molecule has 1 unspecified atom stereocenters. The van der Waals surface area contributed by atoms with E-state index in [4.69, 9.17) is 26.8 Å². The van der Waals surface area contributed by atoms with Crippen molar-refractivity contribution in [3.05, 3.63) is 34.3 Å². The summed E-state index contributed by atoms with van der Waals surface area (Å²) in [5.74, 6) is 0. The number of benzene rings is 1. The molecule has 2 N–H and O–H groups in total. The van der Waals surface area contributed by atoms with Crippen molar-refractivity contribution < 1.29 is 9.47 Å². The molecule has 0 amide bonds. The maximum absolute atomic E-state index is 6.25. The number of methoxy groups -OCH3 is 2. The van der Waals surface area contributed by atoms with E-state index in [0.717, 1.165) is 42.3 Å². The Labute approximate surface area is 133 Å². The molecule has 0 aromatic heterocycles. The van der Waals surface area contributed by atoms with Gasteiger partial charge >= 0.3 is 0 Å².